The van der Waals surface area contributed by atoms with Gasteiger partial charge in [0.15, 0.2) is 12.1 Å². The van der Waals surface area contributed by atoms with E-state index in [9.17, 15) is 0 Å². The Kier molecular flexibility index (Phi) is 6.31. The maximum atomic E-state index is 5.48. The van der Waals surface area contributed by atoms with E-state index in [0.29, 0.717) is 5.92 Å². The number of thiophene rings is 1. The summed E-state index contributed by atoms with van der Waals surface area (Å²) in [4.78, 5) is 8.92. The first kappa shape index (κ1) is 23.2. The van der Waals surface area contributed by atoms with Crippen molar-refractivity contribution in [1.29, 1.82) is 0 Å². The second-order valence-electron chi connectivity index (χ2n) is 9.27. The van der Waals surface area contributed by atoms with Gasteiger partial charge in [-0.1, -0.05) is 12.1 Å². The molecular weight excluding hydrogens is 446 g/mol. The molecule has 5 rings (SSSR count). The zero-order valence-electron chi connectivity index (χ0n) is 20.8. The van der Waals surface area contributed by atoms with Crippen LogP contribution in [0.4, 0.5) is 5.69 Å². The van der Waals surface area contributed by atoms with Gasteiger partial charge in [0.05, 0.1) is 5.71 Å². The Hall–Kier alpha value is -2.55. The van der Waals surface area contributed by atoms with E-state index in [4.69, 9.17) is 14.5 Å². The molecule has 0 unspecified atom stereocenters. The average Bonchev–Trinajstić information content (AvgIpc) is 3.34. The molecule has 7 nitrogen and oxygen atoms in total. The Morgan fingerprint density at radius 1 is 1.00 bits per heavy atom. The summed E-state index contributed by atoms with van der Waals surface area (Å²) in [5, 5.41) is 9.98. The highest BCUT2D eigenvalue weighted by Gasteiger charge is 2.30. The topological polar surface area (TPSA) is 64.8 Å². The zero-order valence-corrected chi connectivity index (χ0v) is 21.6. The smallest absolute Gasteiger partial charge is 0.162 e. The number of anilines is 1. The molecule has 2 aromatic heterocycles. The molecule has 0 radical (unpaired) electrons. The lowest BCUT2D eigenvalue weighted by atomic mass is 9.95. The summed E-state index contributed by atoms with van der Waals surface area (Å²) in [5.74, 6) is 2.25. The van der Waals surface area contributed by atoms with Crippen LogP contribution in [0.25, 0.3) is 5.00 Å². The van der Waals surface area contributed by atoms with E-state index >= 15 is 0 Å². The van der Waals surface area contributed by atoms with Gasteiger partial charge in [0.25, 0.3) is 0 Å². The first-order valence-corrected chi connectivity index (χ1v) is 12.8. The van der Waals surface area contributed by atoms with Crippen LogP contribution in [-0.4, -0.2) is 54.1 Å². The van der Waals surface area contributed by atoms with Crippen molar-refractivity contribution < 1.29 is 9.47 Å². The summed E-state index contributed by atoms with van der Waals surface area (Å²) in [6.45, 7) is 10.5. The van der Waals surface area contributed by atoms with Crippen LogP contribution in [-0.2, 0) is 9.47 Å². The van der Waals surface area contributed by atoms with Crippen LogP contribution in [0.2, 0.25) is 0 Å². The molecule has 0 saturated carbocycles. The first-order valence-electron chi connectivity index (χ1n) is 11.9. The van der Waals surface area contributed by atoms with Crippen molar-refractivity contribution in [2.75, 3.05) is 32.2 Å². The Balaban J connectivity index is 1.44. The van der Waals surface area contributed by atoms with Crippen LogP contribution in [0.1, 0.15) is 59.0 Å². The van der Waals surface area contributed by atoms with Crippen molar-refractivity contribution >= 4 is 22.7 Å². The van der Waals surface area contributed by atoms with Gasteiger partial charge in [-0.2, -0.15) is 0 Å². The summed E-state index contributed by atoms with van der Waals surface area (Å²) in [7, 11) is 3.45. The predicted octanol–water partition coefficient (Wildman–Crippen LogP) is 5.00. The average molecular weight is 480 g/mol. The predicted molar refractivity (Wildman–Crippen MR) is 137 cm³/mol. The second-order valence-corrected chi connectivity index (χ2v) is 10.5. The van der Waals surface area contributed by atoms with Crippen molar-refractivity contribution in [1.82, 2.24) is 14.8 Å². The molecule has 180 valence electrons. The van der Waals surface area contributed by atoms with Crippen LogP contribution in [0.15, 0.2) is 29.3 Å². The molecule has 0 bridgehead atoms. The lowest BCUT2D eigenvalue weighted by Crippen LogP contribution is -2.39. The van der Waals surface area contributed by atoms with Crippen molar-refractivity contribution in [2.45, 2.75) is 52.9 Å². The molecule has 8 heteroatoms. The number of nitrogens with zero attached hydrogens (tertiary/aromatic N) is 5. The third-order valence-electron chi connectivity index (χ3n) is 7.25. The van der Waals surface area contributed by atoms with Gasteiger partial charge in [0, 0.05) is 54.9 Å². The van der Waals surface area contributed by atoms with E-state index in [1.165, 1.54) is 26.7 Å². The fraction of sp³-hybridized carbons (Fsp3) is 0.500. The highest BCUT2D eigenvalue weighted by molar-refractivity contribution is 7.15. The van der Waals surface area contributed by atoms with Gasteiger partial charge in [0.2, 0.25) is 0 Å². The van der Waals surface area contributed by atoms with E-state index in [2.05, 4.69) is 64.7 Å². The number of rotatable bonds is 5. The third kappa shape index (κ3) is 3.87. The van der Waals surface area contributed by atoms with Gasteiger partial charge in [-0.25, -0.2) is 0 Å². The molecule has 34 heavy (non-hydrogen) atoms. The number of hydrogen-bond donors (Lipinski definition) is 0. The summed E-state index contributed by atoms with van der Waals surface area (Å²) >= 11 is 1.80. The lowest BCUT2D eigenvalue weighted by Gasteiger charge is -2.36. The van der Waals surface area contributed by atoms with Gasteiger partial charge in [0.1, 0.15) is 16.9 Å². The Morgan fingerprint density at radius 3 is 2.32 bits per heavy atom. The number of aromatic nitrogens is 3. The van der Waals surface area contributed by atoms with Gasteiger partial charge < -0.3 is 14.4 Å². The molecule has 0 amide bonds. The summed E-state index contributed by atoms with van der Waals surface area (Å²) in [6, 6.07) is 8.84. The summed E-state index contributed by atoms with van der Waals surface area (Å²) < 4.78 is 13.2. The number of aryl methyl sites for hydroxylation is 2. The van der Waals surface area contributed by atoms with Gasteiger partial charge in [-0.05, 0) is 58.2 Å². The van der Waals surface area contributed by atoms with E-state index < -0.39 is 0 Å². The van der Waals surface area contributed by atoms with Crippen LogP contribution < -0.4 is 4.90 Å². The molecule has 2 aliphatic rings. The quantitative estimate of drug-likeness (QED) is 0.482. The lowest BCUT2D eigenvalue weighted by molar-refractivity contribution is -0.141. The van der Waals surface area contributed by atoms with Crippen LogP contribution in [0, 0.1) is 26.7 Å². The Morgan fingerprint density at radius 2 is 1.68 bits per heavy atom. The monoisotopic (exact) mass is 479 g/mol. The van der Waals surface area contributed by atoms with Crippen molar-refractivity contribution in [2.24, 2.45) is 10.9 Å². The standard InChI is InChI=1S/C26H33N5O2S/c1-15-17(3)34-25-22(15)23(27-16(2)24-29-28-18(4)31(24)25)19-7-9-21(10-8-19)30-13-11-20(12-14-30)26(32-5)33-6/h7-10,16,20,26H,11-14H2,1-6H3/t16-/m0/s1. The molecule has 3 aromatic rings. The summed E-state index contributed by atoms with van der Waals surface area (Å²) in [5.41, 5.74) is 5.92. The number of fused-ring (bicyclic) bond motifs is 3. The molecular formula is C26H33N5O2S. The van der Waals surface area contributed by atoms with Crippen LogP contribution in [0.3, 0.4) is 0 Å². The maximum Gasteiger partial charge on any atom is 0.162 e. The van der Waals surface area contributed by atoms with Crippen LogP contribution in [0.5, 0.6) is 0 Å². The number of benzene rings is 1. The highest BCUT2D eigenvalue weighted by Crippen LogP contribution is 2.38. The fourth-order valence-corrected chi connectivity index (χ4v) is 6.44. The third-order valence-corrected chi connectivity index (χ3v) is 8.44. The van der Waals surface area contributed by atoms with Crippen LogP contribution >= 0.6 is 11.3 Å². The minimum absolute atomic E-state index is 0.0660. The zero-order chi connectivity index (χ0) is 24.0. The minimum atomic E-state index is -0.111. The number of aliphatic imine (C=N–C) groups is 1. The number of piperidine rings is 1. The van der Waals surface area contributed by atoms with Crippen molar-refractivity contribution in [3.05, 3.63) is 57.5 Å². The molecule has 1 saturated heterocycles. The second kappa shape index (κ2) is 9.24. The molecule has 1 atom stereocenters. The minimum Gasteiger partial charge on any atom is -0.372 e. The molecule has 1 aromatic carbocycles. The molecule has 4 heterocycles. The highest BCUT2D eigenvalue weighted by atomic mass is 32.1. The molecule has 0 N–H and O–H groups in total. The first-order chi connectivity index (χ1) is 16.4. The molecule has 1 fully saturated rings. The van der Waals surface area contributed by atoms with Gasteiger partial charge >= 0.3 is 0 Å². The molecule has 0 aliphatic carbocycles. The van der Waals surface area contributed by atoms with Crippen molar-refractivity contribution in [3.8, 4) is 5.00 Å². The SMILES string of the molecule is COC(OC)C1CCN(c2ccc(C3=N[C@@H](C)c4nnc(C)n4-c4sc(C)c(C)c43)cc2)CC1. The van der Waals surface area contributed by atoms with Gasteiger partial charge in [-0.3, -0.25) is 9.56 Å². The van der Waals surface area contributed by atoms with E-state index in [1.807, 2.05) is 6.92 Å². The van der Waals surface area contributed by atoms with E-state index in [-0.39, 0.29) is 12.3 Å². The number of ether oxygens (including phenoxy) is 2. The van der Waals surface area contributed by atoms with Gasteiger partial charge in [-0.15, -0.1) is 21.5 Å². The maximum absolute atomic E-state index is 5.48. The van der Waals surface area contributed by atoms with Crippen molar-refractivity contribution in [3.63, 3.8) is 0 Å². The van der Waals surface area contributed by atoms with E-state index in [0.717, 1.165) is 48.9 Å². The van der Waals surface area contributed by atoms with E-state index in [1.54, 1.807) is 25.6 Å². The fourth-order valence-electron chi connectivity index (χ4n) is 5.22. The number of methoxy groups -OCH3 is 2. The molecule has 2 aliphatic heterocycles. The normalized spacial score (nSPS) is 18.6. The molecule has 0 spiro atoms. The largest absolute Gasteiger partial charge is 0.372 e. The Bertz CT molecular complexity index is 1200. The summed E-state index contributed by atoms with van der Waals surface area (Å²) in [6.07, 6.45) is 2.02. The number of hydrogen-bond acceptors (Lipinski definition) is 7. The Labute approximate surface area is 205 Å².